The Bertz CT molecular complexity index is 1370. The minimum absolute atomic E-state index is 0.0275. The minimum atomic E-state index is -4.57. The van der Waals surface area contributed by atoms with Crippen LogP contribution < -0.4 is 0 Å². The lowest BCUT2D eigenvalue weighted by Gasteiger charge is -2.35. The molecule has 1 aromatic carbocycles. The Kier molecular flexibility index (Phi) is 7.19. The molecule has 1 fully saturated rings. The van der Waals surface area contributed by atoms with E-state index < -0.39 is 18.0 Å². The van der Waals surface area contributed by atoms with Crippen LogP contribution in [0.1, 0.15) is 82.4 Å². The van der Waals surface area contributed by atoms with Gasteiger partial charge in [0.1, 0.15) is 5.71 Å². The smallest absolute Gasteiger partial charge is 0.387 e. The summed E-state index contributed by atoms with van der Waals surface area (Å²) < 4.78 is 40.4. The average molecular weight is 546 g/mol. The predicted molar refractivity (Wildman–Crippen MR) is 134 cm³/mol. The number of carbonyl (C=O) groups excluding carboxylic acids is 2. The summed E-state index contributed by atoms with van der Waals surface area (Å²) in [6.07, 6.45) is -3.23. The van der Waals surface area contributed by atoms with Crippen molar-refractivity contribution in [3.05, 3.63) is 68.9 Å². The van der Waals surface area contributed by atoms with Crippen LogP contribution in [0.2, 0.25) is 0 Å². The molecule has 1 saturated heterocycles. The van der Waals surface area contributed by atoms with Crippen molar-refractivity contribution in [3.63, 3.8) is 0 Å². The Morgan fingerprint density at radius 2 is 1.97 bits per heavy atom. The molecule has 3 aromatic rings. The molecule has 2 aliphatic rings. The quantitative estimate of drug-likeness (QED) is 0.295. The van der Waals surface area contributed by atoms with Gasteiger partial charge in [0.15, 0.2) is 30.0 Å². The van der Waals surface area contributed by atoms with E-state index >= 15 is 0 Å². The highest BCUT2D eigenvalue weighted by molar-refractivity contribution is 7.10. The number of benzene rings is 1. The minimum Gasteiger partial charge on any atom is -0.387 e. The maximum atomic E-state index is 13.1. The lowest BCUT2D eigenvalue weighted by molar-refractivity contribution is -0.142. The first-order valence-electron chi connectivity index (χ1n) is 12.3. The monoisotopic (exact) mass is 545 g/mol. The number of piperidine rings is 1. The SMILES string of the molecule is CC(=O)c1ccccc1C1CC(c2csc(C3CCN(C(C=O)n4nc(C(F)(F)F)cc4C)CC3)n2)=NO1. The van der Waals surface area contributed by atoms with Gasteiger partial charge in [0, 0.05) is 47.6 Å². The molecule has 8 nitrogen and oxygen atoms in total. The van der Waals surface area contributed by atoms with Crippen LogP contribution in [0.5, 0.6) is 0 Å². The van der Waals surface area contributed by atoms with Crippen molar-refractivity contribution in [1.29, 1.82) is 0 Å². The number of rotatable bonds is 7. The molecule has 4 heterocycles. The Morgan fingerprint density at radius 3 is 2.63 bits per heavy atom. The molecule has 2 aromatic heterocycles. The van der Waals surface area contributed by atoms with Crippen LogP contribution in [0.25, 0.3) is 0 Å². The summed E-state index contributed by atoms with van der Waals surface area (Å²) in [5.74, 6) is 0.138. The first-order chi connectivity index (χ1) is 18.2. The average Bonchev–Trinajstić information content (AvgIpc) is 3.65. The highest BCUT2D eigenvalue weighted by atomic mass is 32.1. The number of hydrogen-bond acceptors (Lipinski definition) is 8. The number of Topliss-reactive ketones (excluding diaryl/α,β-unsaturated/α-hetero) is 1. The number of hydrogen-bond donors (Lipinski definition) is 0. The van der Waals surface area contributed by atoms with Crippen molar-refractivity contribution in [2.75, 3.05) is 13.1 Å². The molecule has 38 heavy (non-hydrogen) atoms. The molecule has 0 N–H and O–H groups in total. The molecule has 5 rings (SSSR count). The van der Waals surface area contributed by atoms with Gasteiger partial charge in [-0.3, -0.25) is 14.5 Å². The third-order valence-corrected chi connectivity index (χ3v) is 8.02. The zero-order chi connectivity index (χ0) is 27.0. The molecule has 0 radical (unpaired) electrons. The number of oxime groups is 1. The van der Waals surface area contributed by atoms with E-state index in [-0.39, 0.29) is 23.5 Å². The highest BCUT2D eigenvalue weighted by Crippen LogP contribution is 2.36. The lowest BCUT2D eigenvalue weighted by atomic mass is 9.96. The molecular formula is C26H26F3N5O3S. The molecule has 0 aliphatic carbocycles. The molecule has 2 unspecified atom stereocenters. The second-order valence-electron chi connectivity index (χ2n) is 9.52. The van der Waals surface area contributed by atoms with Gasteiger partial charge < -0.3 is 4.84 Å². The number of aromatic nitrogens is 3. The van der Waals surface area contributed by atoms with E-state index in [2.05, 4.69) is 10.3 Å². The molecular weight excluding hydrogens is 519 g/mol. The van der Waals surface area contributed by atoms with Crippen LogP contribution in [0.15, 0.2) is 40.9 Å². The number of nitrogens with zero attached hydrogens (tertiary/aromatic N) is 5. The Balaban J connectivity index is 1.22. The Hall–Kier alpha value is -3.38. The maximum Gasteiger partial charge on any atom is 0.435 e. The van der Waals surface area contributed by atoms with Gasteiger partial charge in [-0.15, -0.1) is 11.3 Å². The van der Waals surface area contributed by atoms with Crippen molar-refractivity contribution >= 4 is 29.1 Å². The van der Waals surface area contributed by atoms with Gasteiger partial charge >= 0.3 is 6.18 Å². The highest BCUT2D eigenvalue weighted by Gasteiger charge is 2.37. The number of alkyl halides is 3. The van der Waals surface area contributed by atoms with E-state index in [0.717, 1.165) is 32.7 Å². The number of thiazole rings is 1. The van der Waals surface area contributed by atoms with Crippen LogP contribution in [-0.2, 0) is 15.8 Å². The Labute approximate surface area is 221 Å². The lowest BCUT2D eigenvalue weighted by Crippen LogP contribution is -2.40. The van der Waals surface area contributed by atoms with Crippen LogP contribution in [-0.4, -0.2) is 50.5 Å². The second-order valence-corrected chi connectivity index (χ2v) is 10.4. The summed E-state index contributed by atoms with van der Waals surface area (Å²) >= 11 is 1.54. The van der Waals surface area contributed by atoms with Crippen molar-refractivity contribution in [3.8, 4) is 0 Å². The molecule has 0 amide bonds. The zero-order valence-electron chi connectivity index (χ0n) is 20.8. The Morgan fingerprint density at radius 1 is 1.24 bits per heavy atom. The van der Waals surface area contributed by atoms with Gasteiger partial charge in [-0.1, -0.05) is 29.4 Å². The summed E-state index contributed by atoms with van der Waals surface area (Å²) in [5.41, 5.74) is 2.17. The van der Waals surface area contributed by atoms with Crippen LogP contribution >= 0.6 is 11.3 Å². The third kappa shape index (κ3) is 5.14. The summed E-state index contributed by atoms with van der Waals surface area (Å²) in [6, 6.07) is 8.31. The van der Waals surface area contributed by atoms with E-state index in [0.29, 0.717) is 44.2 Å². The van der Waals surface area contributed by atoms with Crippen molar-refractivity contribution in [2.24, 2.45) is 5.16 Å². The fourth-order valence-electron chi connectivity index (χ4n) is 5.00. The van der Waals surface area contributed by atoms with E-state index in [9.17, 15) is 22.8 Å². The second kappa shape index (κ2) is 10.4. The molecule has 2 aliphatic heterocycles. The fourth-order valence-corrected chi connectivity index (χ4v) is 6.01. The van der Waals surface area contributed by atoms with E-state index in [1.165, 1.54) is 25.2 Å². The summed E-state index contributed by atoms with van der Waals surface area (Å²) in [4.78, 5) is 36.2. The maximum absolute atomic E-state index is 13.1. The van der Waals surface area contributed by atoms with Crippen molar-refractivity contribution in [2.45, 2.75) is 57.5 Å². The van der Waals surface area contributed by atoms with Crippen LogP contribution in [0.4, 0.5) is 13.2 Å². The topological polar surface area (TPSA) is 89.7 Å². The van der Waals surface area contributed by atoms with Gasteiger partial charge in [0.05, 0.1) is 10.7 Å². The van der Waals surface area contributed by atoms with Gasteiger partial charge in [0.25, 0.3) is 0 Å². The molecule has 0 saturated carbocycles. The number of ketones is 1. The largest absolute Gasteiger partial charge is 0.435 e. The molecule has 2 atom stereocenters. The number of aryl methyl sites for hydroxylation is 1. The first-order valence-corrected chi connectivity index (χ1v) is 13.1. The summed E-state index contributed by atoms with van der Waals surface area (Å²) in [5, 5.41) is 10.8. The van der Waals surface area contributed by atoms with Gasteiger partial charge in [-0.25, -0.2) is 9.67 Å². The van der Waals surface area contributed by atoms with Crippen molar-refractivity contribution in [1.82, 2.24) is 19.7 Å². The molecule has 0 spiro atoms. The molecule has 12 heteroatoms. The summed E-state index contributed by atoms with van der Waals surface area (Å²) in [6.45, 7) is 4.09. The van der Waals surface area contributed by atoms with E-state index in [4.69, 9.17) is 9.82 Å². The first kappa shape index (κ1) is 26.2. The van der Waals surface area contributed by atoms with E-state index in [1.54, 1.807) is 6.07 Å². The normalized spacial score (nSPS) is 19.7. The predicted octanol–water partition coefficient (Wildman–Crippen LogP) is 5.31. The fraction of sp³-hybridized carbons (Fsp3) is 0.423. The van der Waals surface area contributed by atoms with Gasteiger partial charge in [0.2, 0.25) is 0 Å². The van der Waals surface area contributed by atoms with Gasteiger partial charge in [-0.05, 0) is 32.8 Å². The standard InChI is InChI=1S/C26H26F3N5O3S/c1-15-11-23(26(27,28)29)31-34(15)24(13-35)33-9-7-17(8-10-33)25-30-21(14-38-25)20-12-22(37-32-20)19-6-4-3-5-18(19)16(2)36/h3-6,11,13-14,17,22,24H,7-10,12H2,1-2H3. The summed E-state index contributed by atoms with van der Waals surface area (Å²) in [7, 11) is 0. The van der Waals surface area contributed by atoms with Crippen LogP contribution in [0.3, 0.4) is 0 Å². The molecule has 200 valence electrons. The third-order valence-electron chi connectivity index (χ3n) is 7.01. The van der Waals surface area contributed by atoms with Gasteiger partial charge in [-0.2, -0.15) is 18.3 Å². The van der Waals surface area contributed by atoms with Crippen LogP contribution in [0, 0.1) is 6.92 Å². The van der Waals surface area contributed by atoms with Crippen molar-refractivity contribution < 1.29 is 27.6 Å². The zero-order valence-corrected chi connectivity index (χ0v) is 21.6. The molecule has 0 bridgehead atoms. The number of aldehydes is 1. The number of carbonyl (C=O) groups is 2. The number of halogens is 3. The van der Waals surface area contributed by atoms with E-state index in [1.807, 2.05) is 28.5 Å². The number of likely N-dealkylation sites (tertiary alicyclic amines) is 1.